The summed E-state index contributed by atoms with van der Waals surface area (Å²) in [5.41, 5.74) is 3.61. The molecule has 188 valence electrons. The van der Waals surface area contributed by atoms with Crippen molar-refractivity contribution in [3.05, 3.63) is 71.0 Å². The molecule has 5 rings (SSSR count). The van der Waals surface area contributed by atoms with Gasteiger partial charge in [0, 0.05) is 40.9 Å². The van der Waals surface area contributed by atoms with Gasteiger partial charge < -0.3 is 19.9 Å². The van der Waals surface area contributed by atoms with Crippen molar-refractivity contribution in [1.29, 1.82) is 0 Å². The Morgan fingerprint density at radius 2 is 1.92 bits per heavy atom. The molecule has 1 fully saturated rings. The SMILES string of the molecule is COc1ccc(OCC(O)CNC2CCC(c3ncnc4scc(-c5ccccc5)c34)CC2)c(Cl)c1. The number of hydrogen-bond acceptors (Lipinski definition) is 7. The van der Waals surface area contributed by atoms with Crippen LogP contribution >= 0.6 is 22.9 Å². The van der Waals surface area contributed by atoms with Gasteiger partial charge in [-0.1, -0.05) is 41.9 Å². The molecule has 4 aromatic rings. The number of aliphatic hydroxyl groups excluding tert-OH is 1. The highest BCUT2D eigenvalue weighted by Crippen LogP contribution is 2.41. The first-order valence-electron chi connectivity index (χ1n) is 12.3. The summed E-state index contributed by atoms with van der Waals surface area (Å²) < 4.78 is 10.9. The first-order chi connectivity index (χ1) is 17.6. The van der Waals surface area contributed by atoms with Gasteiger partial charge in [-0.2, -0.15) is 0 Å². The monoisotopic (exact) mass is 523 g/mol. The maximum absolute atomic E-state index is 10.4. The predicted octanol–water partition coefficient (Wildman–Crippen LogP) is 6.08. The van der Waals surface area contributed by atoms with Gasteiger partial charge in [-0.3, -0.25) is 0 Å². The molecule has 0 saturated heterocycles. The molecule has 1 aliphatic carbocycles. The Labute approximate surface area is 220 Å². The average Bonchev–Trinajstić information content (AvgIpc) is 3.36. The van der Waals surface area contributed by atoms with Crippen LogP contribution in [0.5, 0.6) is 11.5 Å². The van der Waals surface area contributed by atoms with E-state index in [0.717, 1.165) is 30.5 Å². The molecule has 1 atom stereocenters. The summed E-state index contributed by atoms with van der Waals surface area (Å²) >= 11 is 7.90. The summed E-state index contributed by atoms with van der Waals surface area (Å²) in [5.74, 6) is 1.62. The van der Waals surface area contributed by atoms with E-state index in [1.807, 2.05) is 6.07 Å². The third kappa shape index (κ3) is 5.65. The molecule has 0 aliphatic heterocycles. The maximum Gasteiger partial charge on any atom is 0.138 e. The second-order valence-corrected chi connectivity index (χ2v) is 10.4. The lowest BCUT2D eigenvalue weighted by molar-refractivity contribution is 0.101. The van der Waals surface area contributed by atoms with Crippen molar-refractivity contribution in [1.82, 2.24) is 15.3 Å². The van der Waals surface area contributed by atoms with E-state index in [9.17, 15) is 5.11 Å². The van der Waals surface area contributed by atoms with Crippen LogP contribution in [0.1, 0.15) is 37.3 Å². The largest absolute Gasteiger partial charge is 0.497 e. The van der Waals surface area contributed by atoms with Crippen LogP contribution in [0.15, 0.2) is 60.2 Å². The number of hydrogen-bond donors (Lipinski definition) is 2. The summed E-state index contributed by atoms with van der Waals surface area (Å²) in [6, 6.07) is 16.1. The van der Waals surface area contributed by atoms with Gasteiger partial charge in [-0.05, 0) is 43.4 Å². The molecule has 36 heavy (non-hydrogen) atoms. The Morgan fingerprint density at radius 3 is 2.67 bits per heavy atom. The molecule has 2 heterocycles. The minimum Gasteiger partial charge on any atom is -0.497 e. The molecule has 2 aromatic carbocycles. The molecule has 0 radical (unpaired) electrons. The van der Waals surface area contributed by atoms with Crippen molar-refractivity contribution < 1.29 is 14.6 Å². The highest BCUT2D eigenvalue weighted by atomic mass is 35.5. The van der Waals surface area contributed by atoms with Gasteiger partial charge >= 0.3 is 0 Å². The Hall–Kier alpha value is -2.71. The second kappa shape index (κ2) is 11.6. The predicted molar refractivity (Wildman–Crippen MR) is 145 cm³/mol. The van der Waals surface area contributed by atoms with E-state index < -0.39 is 6.10 Å². The molecule has 8 heteroatoms. The van der Waals surface area contributed by atoms with Crippen LogP contribution in [0.3, 0.4) is 0 Å². The quantitative estimate of drug-likeness (QED) is 0.277. The molecule has 0 amide bonds. The van der Waals surface area contributed by atoms with Crippen molar-refractivity contribution in [2.24, 2.45) is 0 Å². The zero-order valence-electron chi connectivity index (χ0n) is 20.2. The number of halogens is 1. The Balaban J connectivity index is 1.15. The van der Waals surface area contributed by atoms with Gasteiger partial charge in [0.1, 0.15) is 35.4 Å². The fourth-order valence-corrected chi connectivity index (χ4v) is 6.03. The van der Waals surface area contributed by atoms with E-state index in [0.29, 0.717) is 35.0 Å². The summed E-state index contributed by atoms with van der Waals surface area (Å²) in [6.07, 6.45) is 5.28. The zero-order chi connectivity index (χ0) is 24.9. The van der Waals surface area contributed by atoms with Crippen LogP contribution in [0, 0.1) is 0 Å². The molecular formula is C28H30ClN3O3S. The smallest absolute Gasteiger partial charge is 0.138 e. The molecule has 6 nitrogen and oxygen atoms in total. The number of benzene rings is 2. The molecule has 2 N–H and O–H groups in total. The van der Waals surface area contributed by atoms with Crippen LogP contribution in [-0.4, -0.2) is 47.5 Å². The lowest BCUT2D eigenvalue weighted by Gasteiger charge is -2.30. The first-order valence-corrected chi connectivity index (χ1v) is 13.5. The Bertz CT molecular complexity index is 1290. The molecule has 1 aliphatic rings. The number of methoxy groups -OCH3 is 1. The van der Waals surface area contributed by atoms with E-state index in [-0.39, 0.29) is 6.61 Å². The van der Waals surface area contributed by atoms with E-state index in [2.05, 4.69) is 39.9 Å². The lowest BCUT2D eigenvalue weighted by Crippen LogP contribution is -2.39. The second-order valence-electron chi connectivity index (χ2n) is 9.17. The average molecular weight is 524 g/mol. The van der Waals surface area contributed by atoms with Crippen LogP contribution in [0.4, 0.5) is 0 Å². The Kier molecular flexibility index (Phi) is 8.02. The van der Waals surface area contributed by atoms with E-state index in [1.165, 1.54) is 22.2 Å². The molecule has 0 bridgehead atoms. The van der Waals surface area contributed by atoms with E-state index in [4.69, 9.17) is 26.1 Å². The van der Waals surface area contributed by atoms with E-state index in [1.54, 1.807) is 43.0 Å². The van der Waals surface area contributed by atoms with Crippen molar-refractivity contribution in [3.63, 3.8) is 0 Å². The lowest BCUT2D eigenvalue weighted by atomic mass is 9.82. The third-order valence-electron chi connectivity index (χ3n) is 6.81. The zero-order valence-corrected chi connectivity index (χ0v) is 21.8. The summed E-state index contributed by atoms with van der Waals surface area (Å²) in [5, 5.41) is 17.8. The number of aromatic nitrogens is 2. The first kappa shape index (κ1) is 25.0. The van der Waals surface area contributed by atoms with Crippen LogP contribution in [0.2, 0.25) is 5.02 Å². The maximum atomic E-state index is 10.4. The number of fused-ring (bicyclic) bond motifs is 1. The standard InChI is InChI=1S/C28H30ClN3O3S/c1-34-22-11-12-25(24(29)13-22)35-15-21(33)14-30-20-9-7-19(8-10-20)27-26-23(18-5-3-2-4-6-18)16-36-28(26)32-17-31-27/h2-6,11-13,16-17,19-21,30,33H,7-10,14-15H2,1H3. The summed E-state index contributed by atoms with van der Waals surface area (Å²) in [6.45, 7) is 0.650. The highest BCUT2D eigenvalue weighted by molar-refractivity contribution is 7.17. The number of nitrogens with one attached hydrogen (secondary N) is 1. The normalized spacial score (nSPS) is 18.8. The van der Waals surface area contributed by atoms with Gasteiger partial charge in [0.15, 0.2) is 0 Å². The fourth-order valence-electron chi connectivity index (χ4n) is 4.88. The van der Waals surface area contributed by atoms with Crippen molar-refractivity contribution in [2.45, 2.75) is 43.7 Å². The van der Waals surface area contributed by atoms with Gasteiger partial charge in [0.2, 0.25) is 0 Å². The number of thiophene rings is 1. The van der Waals surface area contributed by atoms with Gasteiger partial charge in [0.05, 0.1) is 17.8 Å². The summed E-state index contributed by atoms with van der Waals surface area (Å²) in [4.78, 5) is 10.4. The molecule has 0 spiro atoms. The highest BCUT2D eigenvalue weighted by Gasteiger charge is 2.26. The third-order valence-corrected chi connectivity index (χ3v) is 7.99. The summed E-state index contributed by atoms with van der Waals surface area (Å²) in [7, 11) is 1.59. The van der Waals surface area contributed by atoms with E-state index >= 15 is 0 Å². The molecular weight excluding hydrogens is 494 g/mol. The van der Waals surface area contributed by atoms with Gasteiger partial charge in [0.25, 0.3) is 0 Å². The fraction of sp³-hybridized carbons (Fsp3) is 0.357. The topological polar surface area (TPSA) is 76.5 Å². The minimum absolute atomic E-state index is 0.174. The number of aliphatic hydroxyl groups is 1. The van der Waals surface area contributed by atoms with Gasteiger partial charge in [-0.15, -0.1) is 11.3 Å². The van der Waals surface area contributed by atoms with Crippen molar-refractivity contribution >= 4 is 33.2 Å². The van der Waals surface area contributed by atoms with Crippen LogP contribution < -0.4 is 14.8 Å². The van der Waals surface area contributed by atoms with Crippen LogP contribution in [-0.2, 0) is 0 Å². The number of rotatable bonds is 9. The van der Waals surface area contributed by atoms with Gasteiger partial charge in [-0.25, -0.2) is 9.97 Å². The molecule has 1 unspecified atom stereocenters. The minimum atomic E-state index is -0.624. The molecule has 2 aromatic heterocycles. The van der Waals surface area contributed by atoms with Crippen LogP contribution in [0.25, 0.3) is 21.3 Å². The number of nitrogens with zero attached hydrogens (tertiary/aromatic N) is 2. The van der Waals surface area contributed by atoms with Crippen molar-refractivity contribution in [2.75, 3.05) is 20.3 Å². The van der Waals surface area contributed by atoms with Crippen molar-refractivity contribution in [3.8, 4) is 22.6 Å². The number of ether oxygens (including phenoxy) is 2. The Morgan fingerprint density at radius 1 is 1.11 bits per heavy atom. The molecule has 1 saturated carbocycles.